The highest BCUT2D eigenvalue weighted by molar-refractivity contribution is 6.22. The Morgan fingerprint density at radius 1 is 1.06 bits per heavy atom. The number of anilines is 2. The number of ether oxygens (including phenoxy) is 2. The zero-order chi connectivity index (χ0) is 22.4. The van der Waals surface area contributed by atoms with Gasteiger partial charge in [0.15, 0.2) is 0 Å². The fourth-order valence-corrected chi connectivity index (χ4v) is 3.40. The number of benzene rings is 2. The monoisotopic (exact) mass is 425 g/mol. The van der Waals surface area contributed by atoms with Crippen molar-refractivity contribution in [3.8, 4) is 5.75 Å². The van der Waals surface area contributed by atoms with E-state index in [-0.39, 0.29) is 25.5 Å². The fourth-order valence-electron chi connectivity index (χ4n) is 3.40. The molecule has 31 heavy (non-hydrogen) atoms. The van der Waals surface area contributed by atoms with E-state index in [0.29, 0.717) is 23.7 Å². The van der Waals surface area contributed by atoms with Gasteiger partial charge in [-0.2, -0.15) is 0 Å². The van der Waals surface area contributed by atoms with Crippen LogP contribution in [0.3, 0.4) is 0 Å². The fraction of sp³-hybridized carbons (Fsp3) is 0.348. The number of methoxy groups -OCH3 is 1. The Hall–Kier alpha value is -3.39. The Bertz CT molecular complexity index is 927. The maximum atomic E-state index is 13.1. The number of carbonyl (C=O) groups excluding carboxylic acids is 3. The zero-order valence-corrected chi connectivity index (χ0v) is 18.0. The van der Waals surface area contributed by atoms with Crippen LogP contribution in [-0.4, -0.2) is 55.7 Å². The Balaban J connectivity index is 1.74. The van der Waals surface area contributed by atoms with Crippen molar-refractivity contribution in [2.24, 2.45) is 0 Å². The van der Waals surface area contributed by atoms with E-state index in [9.17, 15) is 14.4 Å². The van der Waals surface area contributed by atoms with Crippen molar-refractivity contribution in [3.63, 3.8) is 0 Å². The minimum Gasteiger partial charge on any atom is -0.494 e. The largest absolute Gasteiger partial charge is 0.494 e. The summed E-state index contributed by atoms with van der Waals surface area (Å²) in [5.74, 6) is -0.0770. The van der Waals surface area contributed by atoms with Gasteiger partial charge in [-0.1, -0.05) is 17.7 Å². The summed E-state index contributed by atoms with van der Waals surface area (Å²) in [4.78, 5) is 41.3. The highest BCUT2D eigenvalue weighted by atomic mass is 16.5. The molecule has 1 aliphatic rings. The van der Waals surface area contributed by atoms with Gasteiger partial charge in [0.25, 0.3) is 5.91 Å². The van der Waals surface area contributed by atoms with E-state index >= 15 is 0 Å². The smallest absolute Gasteiger partial charge is 0.332 e. The number of imide groups is 1. The van der Waals surface area contributed by atoms with Gasteiger partial charge in [-0.05, 0) is 50.2 Å². The number of hydrogen-bond acceptors (Lipinski definition) is 5. The summed E-state index contributed by atoms with van der Waals surface area (Å²) in [6, 6.07) is 12.7. The number of nitrogens with zero attached hydrogens (tertiary/aromatic N) is 2. The molecule has 4 amide bonds. The van der Waals surface area contributed by atoms with Crippen LogP contribution >= 0.6 is 0 Å². The molecule has 0 aliphatic carbocycles. The van der Waals surface area contributed by atoms with Crippen LogP contribution in [0.5, 0.6) is 5.75 Å². The van der Waals surface area contributed by atoms with E-state index in [4.69, 9.17) is 9.47 Å². The van der Waals surface area contributed by atoms with Crippen molar-refractivity contribution in [2.75, 3.05) is 37.1 Å². The Labute approximate surface area is 181 Å². The molecule has 2 aromatic carbocycles. The molecule has 1 heterocycles. The van der Waals surface area contributed by atoms with Gasteiger partial charge in [-0.15, -0.1) is 0 Å². The first kappa shape index (κ1) is 22.3. The Morgan fingerprint density at radius 2 is 1.74 bits per heavy atom. The molecule has 164 valence electrons. The van der Waals surface area contributed by atoms with Crippen LogP contribution in [0.2, 0.25) is 0 Å². The van der Waals surface area contributed by atoms with Crippen molar-refractivity contribution in [1.29, 1.82) is 0 Å². The van der Waals surface area contributed by atoms with Crippen molar-refractivity contribution in [3.05, 3.63) is 54.1 Å². The predicted octanol–water partition coefficient (Wildman–Crippen LogP) is 3.21. The molecular formula is C23H27N3O5. The molecule has 8 heteroatoms. The average Bonchev–Trinajstić information content (AvgIpc) is 2.98. The van der Waals surface area contributed by atoms with Gasteiger partial charge >= 0.3 is 6.03 Å². The standard InChI is InChI=1S/C23H27N3O5/c1-4-31-19-11-7-17(8-12-19)24-21(27)15-20-22(28)26(18-9-5-16(2)6-10-18)23(29)25(20)13-14-30-3/h5-12,20H,4,13-15H2,1-3H3,(H,24,27)/t20-/m0/s1. The lowest BCUT2D eigenvalue weighted by Gasteiger charge is -2.21. The van der Waals surface area contributed by atoms with E-state index in [2.05, 4.69) is 5.32 Å². The Kier molecular flexibility index (Phi) is 7.25. The minimum absolute atomic E-state index is 0.149. The zero-order valence-electron chi connectivity index (χ0n) is 18.0. The van der Waals surface area contributed by atoms with E-state index in [1.54, 1.807) is 36.4 Å². The van der Waals surface area contributed by atoms with Gasteiger partial charge in [-0.3, -0.25) is 9.59 Å². The van der Waals surface area contributed by atoms with Crippen LogP contribution in [0.15, 0.2) is 48.5 Å². The van der Waals surface area contributed by atoms with Crippen LogP contribution in [0.4, 0.5) is 16.2 Å². The maximum Gasteiger partial charge on any atom is 0.332 e. The second-order valence-electron chi connectivity index (χ2n) is 7.20. The molecule has 0 bridgehead atoms. The number of amides is 4. The normalized spacial score (nSPS) is 16.0. The third-order valence-corrected chi connectivity index (χ3v) is 4.97. The summed E-state index contributed by atoms with van der Waals surface area (Å²) in [5, 5.41) is 2.78. The van der Waals surface area contributed by atoms with E-state index < -0.39 is 18.0 Å². The summed E-state index contributed by atoms with van der Waals surface area (Å²) in [6.07, 6.45) is -0.149. The first-order valence-corrected chi connectivity index (χ1v) is 10.2. The van der Waals surface area contributed by atoms with Crippen LogP contribution < -0.4 is 15.0 Å². The molecule has 3 rings (SSSR count). The number of hydrogen-bond donors (Lipinski definition) is 1. The summed E-state index contributed by atoms with van der Waals surface area (Å²) in [7, 11) is 1.52. The summed E-state index contributed by atoms with van der Waals surface area (Å²) in [6.45, 7) is 4.85. The number of rotatable bonds is 9. The third-order valence-electron chi connectivity index (χ3n) is 4.97. The molecule has 0 unspecified atom stereocenters. The number of nitrogens with one attached hydrogen (secondary N) is 1. The summed E-state index contributed by atoms with van der Waals surface area (Å²) in [5.41, 5.74) is 2.09. The summed E-state index contributed by atoms with van der Waals surface area (Å²) < 4.78 is 10.5. The molecule has 1 saturated heterocycles. The van der Waals surface area contributed by atoms with Crippen molar-refractivity contribution >= 4 is 29.2 Å². The lowest BCUT2D eigenvalue weighted by Crippen LogP contribution is -2.39. The first-order valence-electron chi connectivity index (χ1n) is 10.2. The predicted molar refractivity (Wildman–Crippen MR) is 117 cm³/mol. The van der Waals surface area contributed by atoms with Gasteiger partial charge in [0, 0.05) is 19.3 Å². The van der Waals surface area contributed by atoms with Crippen molar-refractivity contribution < 1.29 is 23.9 Å². The maximum absolute atomic E-state index is 13.1. The van der Waals surface area contributed by atoms with Crippen molar-refractivity contribution in [1.82, 2.24) is 4.90 Å². The van der Waals surface area contributed by atoms with E-state index in [1.807, 2.05) is 26.0 Å². The lowest BCUT2D eigenvalue weighted by atomic mass is 10.1. The van der Waals surface area contributed by atoms with E-state index in [0.717, 1.165) is 10.5 Å². The van der Waals surface area contributed by atoms with Gasteiger partial charge in [-0.25, -0.2) is 9.69 Å². The van der Waals surface area contributed by atoms with Gasteiger partial charge in [0.1, 0.15) is 11.8 Å². The number of aryl methyl sites for hydroxylation is 1. The molecule has 0 radical (unpaired) electrons. The third kappa shape index (κ3) is 5.21. The molecule has 0 aromatic heterocycles. The Morgan fingerprint density at radius 3 is 2.35 bits per heavy atom. The summed E-state index contributed by atoms with van der Waals surface area (Å²) >= 11 is 0. The lowest BCUT2D eigenvalue weighted by molar-refractivity contribution is -0.124. The van der Waals surface area contributed by atoms with Crippen LogP contribution in [-0.2, 0) is 14.3 Å². The quantitative estimate of drug-likeness (QED) is 0.624. The van der Waals surface area contributed by atoms with E-state index in [1.165, 1.54) is 12.0 Å². The highest BCUT2D eigenvalue weighted by Gasteiger charge is 2.46. The second kappa shape index (κ2) is 10.1. The molecule has 1 atom stereocenters. The molecule has 1 aliphatic heterocycles. The van der Waals surface area contributed by atoms with Gasteiger partial charge < -0.3 is 19.7 Å². The minimum atomic E-state index is -0.897. The van der Waals surface area contributed by atoms with Crippen molar-refractivity contribution in [2.45, 2.75) is 26.3 Å². The molecule has 8 nitrogen and oxygen atoms in total. The highest BCUT2D eigenvalue weighted by Crippen LogP contribution is 2.27. The van der Waals surface area contributed by atoms with Crippen LogP contribution in [0.1, 0.15) is 18.9 Å². The van der Waals surface area contributed by atoms with Gasteiger partial charge in [0.2, 0.25) is 5.91 Å². The van der Waals surface area contributed by atoms with Gasteiger partial charge in [0.05, 0.1) is 25.3 Å². The SMILES string of the molecule is CCOc1ccc(NC(=O)C[C@H]2C(=O)N(c3ccc(C)cc3)C(=O)N2CCOC)cc1. The molecule has 2 aromatic rings. The number of carbonyl (C=O) groups is 3. The molecule has 1 N–H and O–H groups in total. The van der Waals surface area contributed by atoms with Crippen LogP contribution in [0, 0.1) is 6.92 Å². The molecule has 0 spiro atoms. The molecular weight excluding hydrogens is 398 g/mol. The van der Waals surface area contributed by atoms with Crippen LogP contribution in [0.25, 0.3) is 0 Å². The number of urea groups is 1. The molecule has 1 fully saturated rings. The molecule has 0 saturated carbocycles. The topological polar surface area (TPSA) is 88.2 Å². The first-order chi connectivity index (χ1) is 14.9. The second-order valence-corrected chi connectivity index (χ2v) is 7.20. The average molecular weight is 425 g/mol.